The van der Waals surface area contributed by atoms with Gasteiger partial charge in [-0.1, -0.05) is 0 Å². The van der Waals surface area contributed by atoms with E-state index in [1.807, 2.05) is 19.1 Å². The molecule has 0 aromatic heterocycles. The molecule has 0 spiro atoms. The van der Waals surface area contributed by atoms with Crippen LogP contribution in [-0.2, 0) is 4.74 Å². The summed E-state index contributed by atoms with van der Waals surface area (Å²) in [6.45, 7) is 2.56. The lowest BCUT2D eigenvalue weighted by molar-refractivity contribution is 0.0963. The Morgan fingerprint density at radius 3 is 2.62 bits per heavy atom. The third kappa shape index (κ3) is 3.35. The molecule has 3 nitrogen and oxygen atoms in total. The van der Waals surface area contributed by atoms with Gasteiger partial charge in [-0.05, 0) is 37.1 Å². The van der Waals surface area contributed by atoms with Crippen molar-refractivity contribution in [2.24, 2.45) is 0 Å². The number of carbonyl (C=O) groups excluding carboxylic acids is 1. The van der Waals surface area contributed by atoms with Crippen LogP contribution in [0.15, 0.2) is 18.2 Å². The van der Waals surface area contributed by atoms with E-state index in [1.165, 1.54) is 0 Å². The molecule has 0 radical (unpaired) electrons. The summed E-state index contributed by atoms with van der Waals surface area (Å²) in [7, 11) is 3.27. The van der Waals surface area contributed by atoms with E-state index < -0.39 is 0 Å². The Labute approximate surface area is 96.4 Å². The topological polar surface area (TPSA) is 35.5 Å². The van der Waals surface area contributed by atoms with Gasteiger partial charge in [-0.3, -0.25) is 4.79 Å². The molecule has 1 aromatic carbocycles. The number of ketones is 1. The number of Topliss-reactive ketones (excluding diaryl/α,β-unsaturated/α-hetero) is 1. The SMILES string of the molecule is COCCCC(=O)c1ccc(OC)c(C)c1. The standard InChI is InChI=1S/C13H18O3/c1-10-9-11(6-7-13(10)16-3)12(14)5-4-8-15-2/h6-7,9H,4-5,8H2,1-3H3. The van der Waals surface area contributed by atoms with Crippen LogP contribution in [0.1, 0.15) is 28.8 Å². The summed E-state index contributed by atoms with van der Waals surface area (Å²) < 4.78 is 10.1. The molecular weight excluding hydrogens is 204 g/mol. The van der Waals surface area contributed by atoms with Crippen molar-refractivity contribution in [3.05, 3.63) is 29.3 Å². The van der Waals surface area contributed by atoms with Crippen molar-refractivity contribution >= 4 is 5.78 Å². The van der Waals surface area contributed by atoms with Crippen molar-refractivity contribution in [2.75, 3.05) is 20.8 Å². The first-order valence-corrected chi connectivity index (χ1v) is 5.36. The molecule has 0 saturated heterocycles. The number of methoxy groups -OCH3 is 2. The number of rotatable bonds is 6. The molecule has 0 bridgehead atoms. The molecule has 0 amide bonds. The number of ether oxygens (including phenoxy) is 2. The number of hydrogen-bond acceptors (Lipinski definition) is 3. The zero-order valence-electron chi connectivity index (χ0n) is 10.1. The quantitative estimate of drug-likeness (QED) is 0.548. The van der Waals surface area contributed by atoms with E-state index in [9.17, 15) is 4.79 Å². The van der Waals surface area contributed by atoms with Crippen LogP contribution in [0.25, 0.3) is 0 Å². The van der Waals surface area contributed by atoms with Crippen molar-refractivity contribution in [1.82, 2.24) is 0 Å². The highest BCUT2D eigenvalue weighted by molar-refractivity contribution is 5.96. The zero-order chi connectivity index (χ0) is 12.0. The monoisotopic (exact) mass is 222 g/mol. The summed E-state index contributed by atoms with van der Waals surface area (Å²) in [6.07, 6.45) is 1.29. The van der Waals surface area contributed by atoms with Gasteiger partial charge in [0.25, 0.3) is 0 Å². The van der Waals surface area contributed by atoms with Gasteiger partial charge in [0, 0.05) is 25.7 Å². The molecule has 0 heterocycles. The van der Waals surface area contributed by atoms with Crippen LogP contribution in [0.5, 0.6) is 5.75 Å². The minimum atomic E-state index is 0.155. The Balaban J connectivity index is 2.66. The van der Waals surface area contributed by atoms with Crippen LogP contribution in [0, 0.1) is 6.92 Å². The third-order valence-electron chi connectivity index (χ3n) is 2.47. The molecule has 0 N–H and O–H groups in total. The largest absolute Gasteiger partial charge is 0.496 e. The maximum atomic E-state index is 11.8. The first kappa shape index (κ1) is 12.7. The average molecular weight is 222 g/mol. The van der Waals surface area contributed by atoms with Crippen LogP contribution in [0.3, 0.4) is 0 Å². The van der Waals surface area contributed by atoms with Crippen LogP contribution in [0.4, 0.5) is 0 Å². The molecule has 1 aromatic rings. The maximum absolute atomic E-state index is 11.8. The highest BCUT2D eigenvalue weighted by Crippen LogP contribution is 2.19. The highest BCUT2D eigenvalue weighted by atomic mass is 16.5. The third-order valence-corrected chi connectivity index (χ3v) is 2.47. The van der Waals surface area contributed by atoms with E-state index >= 15 is 0 Å². The summed E-state index contributed by atoms with van der Waals surface area (Å²) in [5.41, 5.74) is 1.73. The molecule has 0 aliphatic heterocycles. The van der Waals surface area contributed by atoms with Crippen molar-refractivity contribution in [2.45, 2.75) is 19.8 Å². The van der Waals surface area contributed by atoms with Crippen LogP contribution < -0.4 is 4.74 Å². The maximum Gasteiger partial charge on any atom is 0.162 e. The Bertz CT molecular complexity index is 358. The van der Waals surface area contributed by atoms with Gasteiger partial charge in [0.2, 0.25) is 0 Å². The van der Waals surface area contributed by atoms with Crippen LogP contribution >= 0.6 is 0 Å². The summed E-state index contributed by atoms with van der Waals surface area (Å²) >= 11 is 0. The molecule has 1 rings (SSSR count). The van der Waals surface area contributed by atoms with Crippen LogP contribution in [0.2, 0.25) is 0 Å². The Kier molecular flexibility index (Phi) is 4.99. The normalized spacial score (nSPS) is 10.2. The highest BCUT2D eigenvalue weighted by Gasteiger charge is 2.07. The first-order valence-electron chi connectivity index (χ1n) is 5.36. The molecule has 88 valence electrons. The lowest BCUT2D eigenvalue weighted by atomic mass is 10.0. The minimum absolute atomic E-state index is 0.155. The van der Waals surface area contributed by atoms with E-state index in [0.29, 0.717) is 13.0 Å². The fourth-order valence-corrected chi connectivity index (χ4v) is 1.57. The van der Waals surface area contributed by atoms with E-state index in [0.717, 1.165) is 23.3 Å². The van der Waals surface area contributed by atoms with E-state index in [2.05, 4.69) is 0 Å². The van der Waals surface area contributed by atoms with Gasteiger partial charge in [-0.25, -0.2) is 0 Å². The Morgan fingerprint density at radius 1 is 1.31 bits per heavy atom. The molecular formula is C13H18O3. The average Bonchev–Trinajstić information content (AvgIpc) is 2.29. The molecule has 0 atom stereocenters. The van der Waals surface area contributed by atoms with Crippen molar-refractivity contribution in [1.29, 1.82) is 0 Å². The summed E-state index contributed by atoms with van der Waals surface area (Å²) in [6, 6.07) is 5.51. The fourth-order valence-electron chi connectivity index (χ4n) is 1.57. The van der Waals surface area contributed by atoms with Gasteiger partial charge in [0.1, 0.15) is 5.75 Å². The molecule has 0 unspecified atom stereocenters. The van der Waals surface area contributed by atoms with Gasteiger partial charge >= 0.3 is 0 Å². The number of aryl methyl sites for hydroxylation is 1. The van der Waals surface area contributed by atoms with Gasteiger partial charge in [0.15, 0.2) is 5.78 Å². The predicted octanol–water partition coefficient (Wildman–Crippen LogP) is 2.61. The van der Waals surface area contributed by atoms with Gasteiger partial charge in [-0.2, -0.15) is 0 Å². The summed E-state index contributed by atoms with van der Waals surface area (Å²) in [5.74, 6) is 0.969. The molecule has 3 heteroatoms. The molecule has 0 saturated carbocycles. The van der Waals surface area contributed by atoms with E-state index in [4.69, 9.17) is 9.47 Å². The molecule has 16 heavy (non-hydrogen) atoms. The molecule has 0 aliphatic rings. The number of benzene rings is 1. The van der Waals surface area contributed by atoms with E-state index in [-0.39, 0.29) is 5.78 Å². The van der Waals surface area contributed by atoms with Crippen molar-refractivity contribution in [3.8, 4) is 5.75 Å². The van der Waals surface area contributed by atoms with Gasteiger partial charge in [0.05, 0.1) is 7.11 Å². The van der Waals surface area contributed by atoms with Gasteiger partial charge < -0.3 is 9.47 Å². The molecule has 0 aliphatic carbocycles. The summed E-state index contributed by atoms with van der Waals surface area (Å²) in [4.78, 5) is 11.8. The Morgan fingerprint density at radius 2 is 2.06 bits per heavy atom. The second kappa shape index (κ2) is 6.28. The minimum Gasteiger partial charge on any atom is -0.496 e. The van der Waals surface area contributed by atoms with Crippen molar-refractivity contribution < 1.29 is 14.3 Å². The fraction of sp³-hybridized carbons (Fsp3) is 0.462. The molecule has 0 fully saturated rings. The smallest absolute Gasteiger partial charge is 0.162 e. The van der Waals surface area contributed by atoms with Crippen LogP contribution in [-0.4, -0.2) is 26.6 Å². The van der Waals surface area contributed by atoms with E-state index in [1.54, 1.807) is 20.3 Å². The number of carbonyl (C=O) groups is 1. The first-order chi connectivity index (χ1) is 7.69. The predicted molar refractivity (Wildman–Crippen MR) is 63.2 cm³/mol. The van der Waals surface area contributed by atoms with Crippen molar-refractivity contribution in [3.63, 3.8) is 0 Å². The second-order valence-electron chi connectivity index (χ2n) is 3.70. The van der Waals surface area contributed by atoms with Gasteiger partial charge in [-0.15, -0.1) is 0 Å². The zero-order valence-corrected chi connectivity index (χ0v) is 10.1. The Hall–Kier alpha value is -1.35. The summed E-state index contributed by atoms with van der Waals surface area (Å²) in [5, 5.41) is 0. The second-order valence-corrected chi connectivity index (χ2v) is 3.70. The number of hydrogen-bond donors (Lipinski definition) is 0. The lowest BCUT2D eigenvalue weighted by Crippen LogP contribution is -2.02. The lowest BCUT2D eigenvalue weighted by Gasteiger charge is -2.06.